The zero-order valence-electron chi connectivity index (χ0n) is 16.9. The van der Waals surface area contributed by atoms with E-state index in [0.717, 1.165) is 12.1 Å². The van der Waals surface area contributed by atoms with Crippen molar-refractivity contribution in [3.63, 3.8) is 0 Å². The zero-order chi connectivity index (χ0) is 21.6. The maximum Gasteiger partial charge on any atom is 0.254 e. The molecule has 7 nitrogen and oxygen atoms in total. The number of aryl methyl sites for hydroxylation is 1. The number of imidazole rings is 1. The summed E-state index contributed by atoms with van der Waals surface area (Å²) in [4.78, 5) is 18.6. The molecule has 0 aliphatic carbocycles. The minimum Gasteiger partial charge on any atom is -0.493 e. The fraction of sp³-hybridized carbons (Fsp3) is 0.333. The lowest BCUT2D eigenvalue weighted by Crippen LogP contribution is -2.24. The smallest absolute Gasteiger partial charge is 0.254 e. The largest absolute Gasteiger partial charge is 0.493 e. The number of aliphatic hydroxyl groups is 1. The van der Waals surface area contributed by atoms with Gasteiger partial charge in [0.05, 0.1) is 47.5 Å². The molecule has 2 N–H and O–H groups in total. The molecule has 30 heavy (non-hydrogen) atoms. The number of rotatable bonds is 4. The highest BCUT2D eigenvalue weighted by Gasteiger charge is 2.28. The van der Waals surface area contributed by atoms with Crippen LogP contribution in [-0.4, -0.2) is 46.0 Å². The first kappa shape index (κ1) is 20.1. The van der Waals surface area contributed by atoms with Crippen LogP contribution in [0.2, 0.25) is 0 Å². The predicted molar refractivity (Wildman–Crippen MR) is 107 cm³/mol. The summed E-state index contributed by atoms with van der Waals surface area (Å²) in [6.45, 7) is 1.80. The summed E-state index contributed by atoms with van der Waals surface area (Å²) in [6.07, 6.45) is 2.07. The number of nitrogens with one attached hydrogen (secondary N) is 1. The Hall–Kier alpha value is -3.20. The first-order valence-electron chi connectivity index (χ1n) is 9.52. The van der Waals surface area contributed by atoms with Gasteiger partial charge in [0.1, 0.15) is 17.4 Å². The third-order valence-corrected chi connectivity index (χ3v) is 5.22. The van der Waals surface area contributed by atoms with E-state index in [1.807, 2.05) is 0 Å². The van der Waals surface area contributed by atoms with Gasteiger partial charge in [0.25, 0.3) is 5.91 Å². The number of fused-ring (bicyclic) bond motifs is 2. The monoisotopic (exact) mass is 416 g/mol. The van der Waals surface area contributed by atoms with Crippen molar-refractivity contribution in [2.24, 2.45) is 0 Å². The molecule has 1 amide bonds. The Labute approximate surface area is 171 Å². The maximum atomic E-state index is 14.6. The van der Waals surface area contributed by atoms with Crippen molar-refractivity contribution < 1.29 is 23.4 Å². The highest BCUT2D eigenvalue weighted by atomic mass is 19.1. The molecule has 9 heteroatoms. The van der Waals surface area contributed by atoms with E-state index in [-0.39, 0.29) is 30.4 Å². The number of pyridine rings is 1. The molecule has 3 aromatic rings. The molecule has 0 spiro atoms. The van der Waals surface area contributed by atoms with E-state index in [1.54, 1.807) is 37.7 Å². The topological polar surface area (TPSA) is 79.1 Å². The lowest BCUT2D eigenvalue weighted by molar-refractivity contribution is 0.0827. The number of nitrogens with zero attached hydrogens (tertiary/aromatic N) is 3. The van der Waals surface area contributed by atoms with Gasteiger partial charge in [0, 0.05) is 38.8 Å². The highest BCUT2D eigenvalue weighted by Crippen LogP contribution is 2.38. The Bertz CT molecular complexity index is 1140. The minimum atomic E-state index is -0.704. The van der Waals surface area contributed by atoms with Crippen LogP contribution in [0, 0.1) is 18.6 Å². The molecule has 2 aromatic heterocycles. The lowest BCUT2D eigenvalue weighted by atomic mass is 9.99. The molecule has 0 saturated heterocycles. The van der Waals surface area contributed by atoms with Crippen molar-refractivity contribution in [2.45, 2.75) is 26.0 Å². The summed E-state index contributed by atoms with van der Waals surface area (Å²) < 4.78 is 35.3. The number of carbonyl (C=O) groups excluding carboxylic acids is 1. The van der Waals surface area contributed by atoms with Gasteiger partial charge in [-0.15, -0.1) is 0 Å². The van der Waals surface area contributed by atoms with Crippen molar-refractivity contribution in [3.05, 3.63) is 58.5 Å². The predicted octanol–water partition coefficient (Wildman–Crippen LogP) is 3.05. The Balaban J connectivity index is 1.85. The molecule has 0 fully saturated rings. The number of amides is 1. The van der Waals surface area contributed by atoms with E-state index in [0.29, 0.717) is 34.7 Å². The minimum absolute atomic E-state index is 0.156. The number of aromatic nitrogens is 2. The molecule has 1 atom stereocenters. The van der Waals surface area contributed by atoms with Gasteiger partial charge >= 0.3 is 0 Å². The Morgan fingerprint density at radius 3 is 2.83 bits per heavy atom. The average molecular weight is 416 g/mol. The summed E-state index contributed by atoms with van der Waals surface area (Å²) in [5, 5.41) is 13.0. The number of anilines is 1. The van der Waals surface area contributed by atoms with Crippen LogP contribution < -0.4 is 10.1 Å². The number of ether oxygens (including phenoxy) is 1. The quantitative estimate of drug-likeness (QED) is 0.684. The fourth-order valence-corrected chi connectivity index (χ4v) is 3.76. The fourth-order valence-electron chi connectivity index (χ4n) is 3.76. The van der Waals surface area contributed by atoms with Gasteiger partial charge in [-0.05, 0) is 13.0 Å². The summed E-state index contributed by atoms with van der Waals surface area (Å²) >= 11 is 0. The highest BCUT2D eigenvalue weighted by molar-refractivity contribution is 5.95. The Morgan fingerprint density at radius 2 is 2.13 bits per heavy atom. The molecular formula is C21H22F2N4O3. The van der Waals surface area contributed by atoms with Crippen molar-refractivity contribution in [2.75, 3.05) is 26.0 Å². The molecular weight excluding hydrogens is 394 g/mol. The van der Waals surface area contributed by atoms with E-state index in [4.69, 9.17) is 4.74 Å². The van der Waals surface area contributed by atoms with E-state index < -0.39 is 17.7 Å². The van der Waals surface area contributed by atoms with E-state index >= 15 is 0 Å². The third kappa shape index (κ3) is 3.35. The summed E-state index contributed by atoms with van der Waals surface area (Å²) in [7, 11) is 3.29. The van der Waals surface area contributed by atoms with Crippen LogP contribution in [0.1, 0.15) is 39.8 Å². The van der Waals surface area contributed by atoms with Gasteiger partial charge in [-0.1, -0.05) is 0 Å². The maximum absolute atomic E-state index is 14.6. The lowest BCUT2D eigenvalue weighted by Gasteiger charge is -2.28. The summed E-state index contributed by atoms with van der Waals surface area (Å²) in [5.41, 5.74) is 2.80. The number of carbonyl (C=O) groups is 1. The van der Waals surface area contributed by atoms with Gasteiger partial charge in [-0.2, -0.15) is 0 Å². The molecule has 4 rings (SSSR count). The molecule has 0 unspecified atom stereocenters. The second kappa shape index (κ2) is 7.56. The van der Waals surface area contributed by atoms with Gasteiger partial charge < -0.3 is 20.1 Å². The molecule has 1 aliphatic heterocycles. The molecule has 1 aliphatic rings. The summed E-state index contributed by atoms with van der Waals surface area (Å²) in [5.74, 6) is -1.47. The van der Waals surface area contributed by atoms with Crippen molar-refractivity contribution in [1.82, 2.24) is 14.3 Å². The molecule has 3 heterocycles. The number of hydrogen-bond donors (Lipinski definition) is 2. The Kier molecular flexibility index (Phi) is 5.07. The first-order chi connectivity index (χ1) is 14.3. The van der Waals surface area contributed by atoms with Crippen LogP contribution in [0.4, 0.5) is 14.5 Å². The molecule has 1 aromatic carbocycles. The second-order valence-electron chi connectivity index (χ2n) is 7.47. The number of halogens is 2. The molecule has 0 radical (unpaired) electrons. The molecule has 158 valence electrons. The second-order valence-corrected chi connectivity index (χ2v) is 7.47. The first-order valence-corrected chi connectivity index (χ1v) is 9.52. The zero-order valence-corrected chi connectivity index (χ0v) is 16.9. The van der Waals surface area contributed by atoms with Crippen LogP contribution in [-0.2, 0) is 6.61 Å². The van der Waals surface area contributed by atoms with Crippen molar-refractivity contribution >= 4 is 17.2 Å². The number of hydrogen-bond acceptors (Lipinski definition) is 5. The summed E-state index contributed by atoms with van der Waals surface area (Å²) in [6, 6.07) is 3.14. The van der Waals surface area contributed by atoms with E-state index in [1.165, 1.54) is 4.90 Å². The number of aliphatic hydroxyl groups excluding tert-OH is 1. The van der Waals surface area contributed by atoms with Crippen molar-refractivity contribution in [1.29, 1.82) is 0 Å². The SMILES string of the molecule is Cc1nc2c(N[C@@H]3CCOc4cc(F)cc(F)c43)cc(C(=O)N(C)C)cn2c1CO. The van der Waals surface area contributed by atoms with Crippen LogP contribution >= 0.6 is 0 Å². The van der Waals surface area contributed by atoms with Crippen LogP contribution in [0.5, 0.6) is 5.75 Å². The van der Waals surface area contributed by atoms with Gasteiger partial charge in [0.15, 0.2) is 5.65 Å². The van der Waals surface area contributed by atoms with Crippen LogP contribution in [0.15, 0.2) is 24.4 Å². The number of benzene rings is 1. The van der Waals surface area contributed by atoms with E-state index in [9.17, 15) is 18.7 Å². The van der Waals surface area contributed by atoms with Crippen LogP contribution in [0.3, 0.4) is 0 Å². The third-order valence-electron chi connectivity index (χ3n) is 5.22. The van der Waals surface area contributed by atoms with Gasteiger partial charge in [0.2, 0.25) is 0 Å². The normalized spacial score (nSPS) is 15.6. The van der Waals surface area contributed by atoms with Gasteiger partial charge in [-0.25, -0.2) is 13.8 Å². The van der Waals surface area contributed by atoms with Gasteiger partial charge in [-0.3, -0.25) is 9.20 Å². The van der Waals surface area contributed by atoms with Crippen LogP contribution in [0.25, 0.3) is 5.65 Å². The Morgan fingerprint density at radius 1 is 1.37 bits per heavy atom. The van der Waals surface area contributed by atoms with Crippen molar-refractivity contribution in [3.8, 4) is 5.75 Å². The van der Waals surface area contributed by atoms with E-state index in [2.05, 4.69) is 10.3 Å². The average Bonchev–Trinajstić information content (AvgIpc) is 3.02. The molecule has 0 bridgehead atoms. The molecule has 0 saturated carbocycles. The standard InChI is InChI=1S/C21H22F2N4O3/c1-11-17(10-28)27-9-12(21(29)26(2)3)6-16(20(27)24-11)25-15-4-5-30-18-8-13(22)7-14(23)19(15)18/h6-9,15,25,28H,4-5,10H2,1-3H3/t15-/m1/s1.